The lowest BCUT2D eigenvalue weighted by Crippen LogP contribution is -2.42. The molecule has 0 spiro atoms. The predicted octanol–water partition coefficient (Wildman–Crippen LogP) is 1.64. The molecule has 0 bridgehead atoms. The Balaban J connectivity index is 0.00000225. The van der Waals surface area contributed by atoms with E-state index in [1.807, 2.05) is 0 Å². The van der Waals surface area contributed by atoms with Crippen molar-refractivity contribution in [1.82, 2.24) is 10.3 Å². The highest BCUT2D eigenvalue weighted by Crippen LogP contribution is 2.20. The number of nitrogens with zero attached hydrogens (tertiary/aromatic N) is 1. The second-order valence-electron chi connectivity index (χ2n) is 4.65. The molecule has 1 aromatic heterocycles. The van der Waals surface area contributed by atoms with Crippen LogP contribution in [-0.2, 0) is 6.54 Å². The molecule has 16 heavy (non-hydrogen) atoms. The van der Waals surface area contributed by atoms with Crippen LogP contribution >= 0.6 is 23.7 Å². The number of hydrogen-bond acceptors (Lipinski definition) is 5. The minimum absolute atomic E-state index is 0. The summed E-state index contributed by atoms with van der Waals surface area (Å²) < 4.78 is 0. The summed E-state index contributed by atoms with van der Waals surface area (Å²) in [6, 6.07) is 0.0841. The van der Waals surface area contributed by atoms with Gasteiger partial charge in [-0.1, -0.05) is 20.8 Å². The molecule has 1 heterocycles. The summed E-state index contributed by atoms with van der Waals surface area (Å²) in [5.74, 6) is 0. The number of aliphatic hydroxyl groups is 1. The Labute approximate surface area is 107 Å². The largest absolute Gasteiger partial charge is 0.395 e. The molecule has 0 saturated carbocycles. The van der Waals surface area contributed by atoms with Crippen molar-refractivity contribution >= 4 is 28.9 Å². The maximum absolute atomic E-state index is 9.25. The number of aromatic nitrogens is 1. The van der Waals surface area contributed by atoms with Crippen LogP contribution in [0.5, 0.6) is 0 Å². The normalized spacial score (nSPS) is 13.2. The zero-order chi connectivity index (χ0) is 11.5. The molecule has 0 amide bonds. The molecule has 1 rings (SSSR count). The molecular formula is C10H20ClN3OS. The second-order valence-corrected chi connectivity index (χ2v) is 5.79. The summed E-state index contributed by atoms with van der Waals surface area (Å²) >= 11 is 1.47. The zero-order valence-corrected chi connectivity index (χ0v) is 11.5. The van der Waals surface area contributed by atoms with E-state index in [0.717, 1.165) is 4.88 Å². The monoisotopic (exact) mass is 265 g/mol. The first-order chi connectivity index (χ1) is 6.93. The van der Waals surface area contributed by atoms with Crippen molar-refractivity contribution in [1.29, 1.82) is 0 Å². The van der Waals surface area contributed by atoms with E-state index < -0.39 is 0 Å². The molecular weight excluding hydrogens is 246 g/mol. The molecule has 6 heteroatoms. The molecule has 0 aliphatic carbocycles. The molecule has 1 aromatic rings. The van der Waals surface area contributed by atoms with Crippen molar-refractivity contribution in [2.75, 3.05) is 12.3 Å². The van der Waals surface area contributed by atoms with Crippen LogP contribution in [0.3, 0.4) is 0 Å². The van der Waals surface area contributed by atoms with Crippen LogP contribution in [0.1, 0.15) is 25.6 Å². The number of nitrogens with one attached hydrogen (secondary N) is 1. The van der Waals surface area contributed by atoms with Gasteiger partial charge in [0.05, 0.1) is 6.61 Å². The number of nitrogen functional groups attached to an aromatic ring is 1. The van der Waals surface area contributed by atoms with Gasteiger partial charge in [-0.25, -0.2) is 4.98 Å². The first kappa shape index (κ1) is 15.6. The number of halogens is 1. The Morgan fingerprint density at radius 1 is 1.56 bits per heavy atom. The lowest BCUT2D eigenvalue weighted by Gasteiger charge is -2.29. The van der Waals surface area contributed by atoms with Gasteiger partial charge in [-0.15, -0.1) is 23.7 Å². The van der Waals surface area contributed by atoms with Gasteiger partial charge in [0.25, 0.3) is 0 Å². The summed E-state index contributed by atoms with van der Waals surface area (Å²) in [5, 5.41) is 13.1. The van der Waals surface area contributed by atoms with Crippen molar-refractivity contribution in [3.63, 3.8) is 0 Å². The van der Waals surface area contributed by atoms with Crippen LogP contribution in [0.4, 0.5) is 5.13 Å². The molecule has 0 saturated heterocycles. The highest BCUT2D eigenvalue weighted by Gasteiger charge is 2.23. The quantitative estimate of drug-likeness (QED) is 0.774. The zero-order valence-electron chi connectivity index (χ0n) is 9.86. The molecule has 1 atom stereocenters. The van der Waals surface area contributed by atoms with Crippen molar-refractivity contribution in [2.24, 2.45) is 5.41 Å². The van der Waals surface area contributed by atoms with Gasteiger partial charge in [-0.3, -0.25) is 0 Å². The number of thiazole rings is 1. The standard InChI is InChI=1S/C10H19N3OS.ClH/c1-10(2,3)8(6-14)12-4-7-5-13-9(11)15-7;/h5,8,12,14H,4,6H2,1-3H3,(H2,11,13);1H/t8-;/m1./s1. The molecule has 4 nitrogen and oxygen atoms in total. The molecule has 0 aromatic carbocycles. The Morgan fingerprint density at radius 3 is 2.56 bits per heavy atom. The van der Waals surface area contributed by atoms with Crippen LogP contribution in [0.15, 0.2) is 6.20 Å². The minimum Gasteiger partial charge on any atom is -0.395 e. The first-order valence-corrected chi connectivity index (χ1v) is 5.79. The van der Waals surface area contributed by atoms with E-state index in [-0.39, 0.29) is 30.5 Å². The Bertz CT molecular complexity index is 311. The maximum Gasteiger partial charge on any atom is 0.180 e. The van der Waals surface area contributed by atoms with E-state index in [1.54, 1.807) is 6.20 Å². The molecule has 0 radical (unpaired) electrons. The van der Waals surface area contributed by atoms with Crippen LogP contribution in [-0.4, -0.2) is 22.7 Å². The van der Waals surface area contributed by atoms with Crippen LogP contribution in [0.2, 0.25) is 0 Å². The average molecular weight is 266 g/mol. The third kappa shape index (κ3) is 4.65. The van der Waals surface area contributed by atoms with Crippen molar-refractivity contribution in [3.8, 4) is 0 Å². The number of aliphatic hydroxyl groups excluding tert-OH is 1. The van der Waals surface area contributed by atoms with Gasteiger partial charge < -0.3 is 16.2 Å². The smallest absolute Gasteiger partial charge is 0.180 e. The summed E-state index contributed by atoms with van der Waals surface area (Å²) in [5.41, 5.74) is 5.58. The molecule has 94 valence electrons. The predicted molar refractivity (Wildman–Crippen MR) is 70.9 cm³/mol. The fourth-order valence-electron chi connectivity index (χ4n) is 1.27. The highest BCUT2D eigenvalue weighted by atomic mass is 35.5. The fourth-order valence-corrected chi connectivity index (χ4v) is 1.91. The summed E-state index contributed by atoms with van der Waals surface area (Å²) in [6.45, 7) is 7.14. The Hall–Kier alpha value is -0.360. The second kappa shape index (κ2) is 6.39. The number of rotatable bonds is 4. The van der Waals surface area contributed by atoms with Gasteiger partial charge in [0, 0.05) is 23.7 Å². The van der Waals surface area contributed by atoms with Crippen LogP contribution in [0.25, 0.3) is 0 Å². The number of anilines is 1. The van der Waals surface area contributed by atoms with Gasteiger partial charge >= 0.3 is 0 Å². The topological polar surface area (TPSA) is 71.2 Å². The lowest BCUT2D eigenvalue weighted by molar-refractivity contribution is 0.158. The average Bonchev–Trinajstić information content (AvgIpc) is 2.50. The third-order valence-electron chi connectivity index (χ3n) is 2.32. The van der Waals surface area contributed by atoms with Gasteiger partial charge in [-0.2, -0.15) is 0 Å². The SMILES string of the molecule is CC(C)(C)[C@@H](CO)NCc1cnc(N)s1.Cl. The van der Waals surface area contributed by atoms with Gasteiger partial charge in [0.15, 0.2) is 5.13 Å². The van der Waals surface area contributed by atoms with E-state index in [1.165, 1.54) is 11.3 Å². The molecule has 0 aliphatic rings. The van der Waals surface area contributed by atoms with Crippen molar-refractivity contribution < 1.29 is 5.11 Å². The van der Waals surface area contributed by atoms with Crippen molar-refractivity contribution in [2.45, 2.75) is 33.4 Å². The molecule has 0 unspecified atom stereocenters. The van der Waals surface area contributed by atoms with Gasteiger partial charge in [0.1, 0.15) is 0 Å². The van der Waals surface area contributed by atoms with Crippen molar-refractivity contribution in [3.05, 3.63) is 11.1 Å². The summed E-state index contributed by atoms with van der Waals surface area (Å²) in [4.78, 5) is 5.07. The number of nitrogens with two attached hydrogens (primary N) is 1. The summed E-state index contributed by atoms with van der Waals surface area (Å²) in [7, 11) is 0. The van der Waals surface area contributed by atoms with Crippen LogP contribution < -0.4 is 11.1 Å². The maximum atomic E-state index is 9.25. The number of hydrogen-bond donors (Lipinski definition) is 3. The van der Waals surface area contributed by atoms with E-state index in [0.29, 0.717) is 11.7 Å². The Kier molecular flexibility index (Phi) is 6.25. The van der Waals surface area contributed by atoms with Gasteiger partial charge in [-0.05, 0) is 5.41 Å². The molecule has 0 aliphatic heterocycles. The molecule has 4 N–H and O–H groups in total. The van der Waals surface area contributed by atoms with E-state index in [9.17, 15) is 5.11 Å². The molecule has 0 fully saturated rings. The van der Waals surface area contributed by atoms with E-state index in [2.05, 4.69) is 31.1 Å². The lowest BCUT2D eigenvalue weighted by atomic mass is 9.87. The summed E-state index contributed by atoms with van der Waals surface area (Å²) in [6.07, 6.45) is 1.77. The highest BCUT2D eigenvalue weighted by molar-refractivity contribution is 7.15. The third-order valence-corrected chi connectivity index (χ3v) is 3.15. The first-order valence-electron chi connectivity index (χ1n) is 4.98. The van der Waals surface area contributed by atoms with E-state index >= 15 is 0 Å². The fraction of sp³-hybridized carbons (Fsp3) is 0.700. The minimum atomic E-state index is 0. The van der Waals surface area contributed by atoms with Crippen LogP contribution in [0, 0.1) is 5.41 Å². The Morgan fingerprint density at radius 2 is 2.19 bits per heavy atom. The van der Waals surface area contributed by atoms with Gasteiger partial charge in [0.2, 0.25) is 0 Å². The van der Waals surface area contributed by atoms with E-state index in [4.69, 9.17) is 5.73 Å².